The minimum Gasteiger partial charge on any atom is -0.370 e. The van der Waals surface area contributed by atoms with E-state index >= 15 is 0 Å². The van der Waals surface area contributed by atoms with Gasteiger partial charge in [-0.05, 0) is 54.4 Å². The molecule has 2 aromatic carbocycles. The second kappa shape index (κ2) is 7.92. The second-order valence-electron chi connectivity index (χ2n) is 6.43. The molecule has 0 aliphatic rings. The Morgan fingerprint density at radius 1 is 1.04 bits per heavy atom. The van der Waals surface area contributed by atoms with E-state index in [-0.39, 0.29) is 11.7 Å². The molecular weight excluding hydrogens is 355 g/mol. The molecule has 3 N–H and O–H groups in total. The molecule has 6 heteroatoms. The van der Waals surface area contributed by atoms with Crippen LogP contribution in [0.2, 0.25) is 0 Å². The maximum Gasteiger partial charge on any atom is 0.257 e. The predicted molar refractivity (Wildman–Crippen MR) is 109 cm³/mol. The zero-order chi connectivity index (χ0) is 19.3. The number of hydrogen-bond donors (Lipinski definition) is 3. The van der Waals surface area contributed by atoms with Crippen LogP contribution in [0.15, 0.2) is 73.1 Å². The SMILES string of the molecule is O=C(Nc1ccc(F)cc1)c1ccc(NCCc2c[nH]c3ccccc23)nc1. The summed E-state index contributed by atoms with van der Waals surface area (Å²) in [6.07, 6.45) is 4.41. The van der Waals surface area contributed by atoms with Gasteiger partial charge in [-0.3, -0.25) is 4.79 Å². The Balaban J connectivity index is 1.33. The fourth-order valence-corrected chi connectivity index (χ4v) is 3.03. The van der Waals surface area contributed by atoms with Gasteiger partial charge in [0.05, 0.1) is 5.56 Å². The first-order valence-electron chi connectivity index (χ1n) is 9.01. The molecule has 0 saturated heterocycles. The third-order valence-electron chi connectivity index (χ3n) is 4.50. The largest absolute Gasteiger partial charge is 0.370 e. The molecular formula is C22H19FN4O. The molecule has 0 radical (unpaired) electrons. The van der Waals surface area contributed by atoms with Crippen molar-refractivity contribution in [2.45, 2.75) is 6.42 Å². The number of fused-ring (bicyclic) bond motifs is 1. The van der Waals surface area contributed by atoms with Crippen LogP contribution in [0.5, 0.6) is 0 Å². The Morgan fingerprint density at radius 2 is 1.86 bits per heavy atom. The van der Waals surface area contributed by atoms with E-state index in [1.165, 1.54) is 41.4 Å². The minimum absolute atomic E-state index is 0.288. The summed E-state index contributed by atoms with van der Waals surface area (Å²) in [5.74, 6) is 0.0744. The third-order valence-corrected chi connectivity index (χ3v) is 4.50. The van der Waals surface area contributed by atoms with E-state index in [0.29, 0.717) is 17.1 Å². The summed E-state index contributed by atoms with van der Waals surface area (Å²) in [6, 6.07) is 17.3. The molecule has 0 aliphatic carbocycles. The number of halogens is 1. The van der Waals surface area contributed by atoms with Crippen LogP contribution in [-0.4, -0.2) is 22.4 Å². The number of nitrogens with zero attached hydrogens (tertiary/aromatic N) is 1. The number of aromatic amines is 1. The first kappa shape index (κ1) is 17.7. The van der Waals surface area contributed by atoms with Crippen LogP contribution in [0, 0.1) is 5.82 Å². The zero-order valence-electron chi connectivity index (χ0n) is 15.1. The Morgan fingerprint density at radius 3 is 2.64 bits per heavy atom. The molecule has 140 valence electrons. The maximum absolute atomic E-state index is 12.9. The number of nitrogens with one attached hydrogen (secondary N) is 3. The van der Waals surface area contributed by atoms with Crippen LogP contribution in [0.1, 0.15) is 15.9 Å². The number of benzene rings is 2. The summed E-state index contributed by atoms with van der Waals surface area (Å²) in [6.45, 7) is 0.732. The quantitative estimate of drug-likeness (QED) is 0.462. The average molecular weight is 374 g/mol. The van der Waals surface area contributed by atoms with Crippen molar-refractivity contribution in [3.63, 3.8) is 0 Å². The van der Waals surface area contributed by atoms with Crippen LogP contribution in [0.25, 0.3) is 10.9 Å². The highest BCUT2D eigenvalue weighted by Crippen LogP contribution is 2.18. The van der Waals surface area contributed by atoms with Gasteiger partial charge >= 0.3 is 0 Å². The molecule has 0 spiro atoms. The van der Waals surface area contributed by atoms with E-state index in [1.807, 2.05) is 18.3 Å². The lowest BCUT2D eigenvalue weighted by Crippen LogP contribution is -2.13. The molecule has 28 heavy (non-hydrogen) atoms. The minimum atomic E-state index is -0.345. The Hall–Kier alpha value is -3.67. The van der Waals surface area contributed by atoms with Crippen LogP contribution in [-0.2, 0) is 6.42 Å². The Labute approximate surface area is 161 Å². The molecule has 2 aromatic heterocycles. The van der Waals surface area contributed by atoms with Gasteiger partial charge in [0.1, 0.15) is 11.6 Å². The lowest BCUT2D eigenvalue weighted by molar-refractivity contribution is 0.102. The van der Waals surface area contributed by atoms with Crippen molar-refractivity contribution in [3.8, 4) is 0 Å². The van der Waals surface area contributed by atoms with Crippen molar-refractivity contribution in [2.24, 2.45) is 0 Å². The maximum atomic E-state index is 12.9. The molecule has 0 unspecified atom stereocenters. The van der Waals surface area contributed by atoms with E-state index in [9.17, 15) is 9.18 Å². The van der Waals surface area contributed by atoms with Crippen molar-refractivity contribution in [1.29, 1.82) is 0 Å². The average Bonchev–Trinajstić information content (AvgIpc) is 3.13. The number of anilines is 2. The molecule has 2 heterocycles. The van der Waals surface area contributed by atoms with Crippen LogP contribution < -0.4 is 10.6 Å². The topological polar surface area (TPSA) is 69.8 Å². The fourth-order valence-electron chi connectivity index (χ4n) is 3.03. The first-order valence-corrected chi connectivity index (χ1v) is 9.01. The normalized spacial score (nSPS) is 10.8. The lowest BCUT2D eigenvalue weighted by Gasteiger charge is -2.07. The van der Waals surface area contributed by atoms with Gasteiger partial charge in [-0.2, -0.15) is 0 Å². The fraction of sp³-hybridized carbons (Fsp3) is 0.0909. The molecule has 0 saturated carbocycles. The number of H-pyrrole nitrogens is 1. The van der Waals surface area contributed by atoms with Crippen molar-refractivity contribution in [3.05, 3.63) is 90.0 Å². The van der Waals surface area contributed by atoms with Gasteiger partial charge in [-0.15, -0.1) is 0 Å². The standard InChI is InChI=1S/C22H19FN4O/c23-17-6-8-18(9-7-17)27-22(28)16-5-10-21(26-14-16)24-12-11-15-13-25-20-4-2-1-3-19(15)20/h1-10,13-14,25H,11-12H2,(H,24,26)(H,27,28). The summed E-state index contributed by atoms with van der Waals surface area (Å²) in [4.78, 5) is 19.8. The second-order valence-corrected chi connectivity index (χ2v) is 6.43. The molecule has 0 fully saturated rings. The molecule has 4 aromatic rings. The van der Waals surface area contributed by atoms with Gasteiger partial charge in [0.2, 0.25) is 0 Å². The molecule has 0 atom stereocenters. The molecule has 0 aliphatic heterocycles. The molecule has 0 bridgehead atoms. The number of aromatic nitrogens is 2. The van der Waals surface area contributed by atoms with Crippen LogP contribution in [0.3, 0.4) is 0 Å². The van der Waals surface area contributed by atoms with Gasteiger partial charge in [-0.1, -0.05) is 18.2 Å². The van der Waals surface area contributed by atoms with E-state index < -0.39 is 0 Å². The summed E-state index contributed by atoms with van der Waals surface area (Å²) in [7, 11) is 0. The number of pyridine rings is 1. The summed E-state index contributed by atoms with van der Waals surface area (Å²) in [5, 5.41) is 7.21. The number of rotatable bonds is 6. The van der Waals surface area contributed by atoms with Gasteiger partial charge in [0.25, 0.3) is 5.91 Å². The lowest BCUT2D eigenvalue weighted by atomic mass is 10.1. The van der Waals surface area contributed by atoms with Crippen LogP contribution in [0.4, 0.5) is 15.9 Å². The van der Waals surface area contributed by atoms with E-state index in [2.05, 4.69) is 32.7 Å². The number of amides is 1. The molecule has 1 amide bonds. The number of para-hydroxylation sites is 1. The van der Waals surface area contributed by atoms with Crippen molar-refractivity contribution >= 4 is 28.3 Å². The molecule has 4 rings (SSSR count). The highest BCUT2D eigenvalue weighted by molar-refractivity contribution is 6.04. The smallest absolute Gasteiger partial charge is 0.257 e. The predicted octanol–water partition coefficient (Wildman–Crippen LogP) is 4.61. The summed E-state index contributed by atoms with van der Waals surface area (Å²) in [5.41, 5.74) is 3.35. The summed E-state index contributed by atoms with van der Waals surface area (Å²) < 4.78 is 12.9. The first-order chi connectivity index (χ1) is 13.7. The van der Waals surface area contributed by atoms with Gasteiger partial charge in [0, 0.05) is 35.5 Å². The zero-order valence-corrected chi connectivity index (χ0v) is 15.1. The Bertz CT molecular complexity index is 1090. The number of carbonyl (C=O) groups is 1. The van der Waals surface area contributed by atoms with Crippen molar-refractivity contribution in [1.82, 2.24) is 9.97 Å². The number of carbonyl (C=O) groups excluding carboxylic acids is 1. The van der Waals surface area contributed by atoms with E-state index in [0.717, 1.165) is 18.5 Å². The van der Waals surface area contributed by atoms with Crippen molar-refractivity contribution in [2.75, 3.05) is 17.2 Å². The van der Waals surface area contributed by atoms with Gasteiger partial charge in [0.15, 0.2) is 0 Å². The van der Waals surface area contributed by atoms with E-state index in [4.69, 9.17) is 0 Å². The van der Waals surface area contributed by atoms with Crippen LogP contribution >= 0.6 is 0 Å². The number of hydrogen-bond acceptors (Lipinski definition) is 3. The Kier molecular flexibility index (Phi) is 5.01. The van der Waals surface area contributed by atoms with Gasteiger partial charge < -0.3 is 15.6 Å². The van der Waals surface area contributed by atoms with E-state index in [1.54, 1.807) is 12.1 Å². The molecule has 5 nitrogen and oxygen atoms in total. The summed E-state index contributed by atoms with van der Waals surface area (Å²) >= 11 is 0. The van der Waals surface area contributed by atoms with Gasteiger partial charge in [-0.25, -0.2) is 9.37 Å². The highest BCUT2D eigenvalue weighted by Gasteiger charge is 2.07. The monoisotopic (exact) mass is 374 g/mol. The van der Waals surface area contributed by atoms with Crippen molar-refractivity contribution < 1.29 is 9.18 Å². The third kappa shape index (κ3) is 4.01. The highest BCUT2D eigenvalue weighted by atomic mass is 19.1.